The summed E-state index contributed by atoms with van der Waals surface area (Å²) >= 11 is 0.430. The molecule has 1 N–H and O–H groups in total. The van der Waals surface area contributed by atoms with Crippen LogP contribution in [0.25, 0.3) is 11.4 Å². The van der Waals surface area contributed by atoms with E-state index >= 15 is 0 Å². The van der Waals surface area contributed by atoms with Crippen molar-refractivity contribution in [1.82, 2.24) is 24.1 Å². The molecular formula is C28H34F3N7O5S. The van der Waals surface area contributed by atoms with Crippen LogP contribution in [0.3, 0.4) is 0 Å². The molecule has 238 valence electrons. The number of anilines is 2. The van der Waals surface area contributed by atoms with Crippen molar-refractivity contribution in [3.8, 4) is 0 Å². The molecule has 1 fully saturated rings. The van der Waals surface area contributed by atoms with E-state index in [-0.39, 0.29) is 17.3 Å². The summed E-state index contributed by atoms with van der Waals surface area (Å²) in [6, 6.07) is 2.12. The summed E-state index contributed by atoms with van der Waals surface area (Å²) in [4.78, 5) is 47.1. The summed E-state index contributed by atoms with van der Waals surface area (Å²) in [5.74, 6) is -0.111. The number of carbonyl (C=O) groups excluding carboxylic acids is 2. The Morgan fingerprint density at radius 1 is 1.14 bits per heavy atom. The smallest absolute Gasteiger partial charge is 0.425 e. The molecule has 2 amide bonds. The van der Waals surface area contributed by atoms with Gasteiger partial charge in [0.2, 0.25) is 11.7 Å². The molecule has 2 aliphatic rings. The monoisotopic (exact) mass is 637 g/mol. The molecule has 0 spiro atoms. The van der Waals surface area contributed by atoms with Gasteiger partial charge >= 0.3 is 12.3 Å². The molecule has 3 aromatic heterocycles. The average molecular weight is 638 g/mol. The minimum Gasteiger partial charge on any atom is -0.444 e. The van der Waals surface area contributed by atoms with E-state index in [1.54, 1.807) is 30.2 Å². The van der Waals surface area contributed by atoms with Gasteiger partial charge in [0.05, 0.1) is 23.9 Å². The lowest BCUT2D eigenvalue weighted by atomic mass is 10.1. The minimum absolute atomic E-state index is 0.0467. The molecule has 0 saturated carbocycles. The molecule has 0 unspecified atom stereocenters. The van der Waals surface area contributed by atoms with Crippen molar-refractivity contribution in [3.63, 3.8) is 0 Å². The van der Waals surface area contributed by atoms with Gasteiger partial charge in [-0.05, 0) is 51.3 Å². The Balaban J connectivity index is 1.50. The summed E-state index contributed by atoms with van der Waals surface area (Å²) in [6.45, 7) is 9.03. The Kier molecular flexibility index (Phi) is 8.75. The van der Waals surface area contributed by atoms with Crippen LogP contribution in [0.1, 0.15) is 50.5 Å². The molecule has 2 aliphatic heterocycles. The largest absolute Gasteiger partial charge is 0.444 e. The maximum Gasteiger partial charge on any atom is 0.425 e. The lowest BCUT2D eigenvalue weighted by Crippen LogP contribution is -2.51. The number of thiophene rings is 1. The van der Waals surface area contributed by atoms with Gasteiger partial charge in [-0.2, -0.15) is 22.7 Å². The zero-order valence-corrected chi connectivity index (χ0v) is 25.7. The SMILES string of the molecule is CCc1c(N2CCN(C(=O)OC(C)(C)C)CC2)c(=O)n2nc(C3=CCOCC3)nc2n1CC(=O)Nc1ccc(C(F)(F)F)s1. The van der Waals surface area contributed by atoms with Crippen molar-refractivity contribution >= 4 is 45.4 Å². The van der Waals surface area contributed by atoms with E-state index < -0.39 is 34.2 Å². The van der Waals surface area contributed by atoms with Crippen LogP contribution in [-0.4, -0.2) is 81.1 Å². The van der Waals surface area contributed by atoms with Crippen LogP contribution in [0.2, 0.25) is 0 Å². The van der Waals surface area contributed by atoms with Gasteiger partial charge in [-0.1, -0.05) is 13.0 Å². The van der Waals surface area contributed by atoms with Gasteiger partial charge in [-0.3, -0.25) is 9.59 Å². The van der Waals surface area contributed by atoms with E-state index in [0.29, 0.717) is 80.8 Å². The van der Waals surface area contributed by atoms with E-state index in [4.69, 9.17) is 9.47 Å². The number of alkyl halides is 3. The normalized spacial score (nSPS) is 16.3. The van der Waals surface area contributed by atoms with Gasteiger partial charge in [0.25, 0.3) is 5.56 Å². The average Bonchev–Trinajstić information content (AvgIpc) is 3.62. The number of aromatic nitrogens is 4. The highest BCUT2D eigenvalue weighted by molar-refractivity contribution is 7.16. The number of fused-ring (bicyclic) bond motifs is 1. The van der Waals surface area contributed by atoms with Crippen LogP contribution < -0.4 is 15.8 Å². The van der Waals surface area contributed by atoms with Crippen molar-refractivity contribution in [2.45, 2.75) is 58.9 Å². The summed E-state index contributed by atoms with van der Waals surface area (Å²) in [7, 11) is 0. The highest BCUT2D eigenvalue weighted by atomic mass is 32.1. The number of halogens is 3. The van der Waals surface area contributed by atoms with Gasteiger partial charge in [-0.15, -0.1) is 16.4 Å². The van der Waals surface area contributed by atoms with Gasteiger partial charge in [-0.25, -0.2) is 4.79 Å². The van der Waals surface area contributed by atoms with Crippen LogP contribution >= 0.6 is 11.3 Å². The van der Waals surface area contributed by atoms with E-state index in [9.17, 15) is 27.6 Å². The molecule has 0 aliphatic carbocycles. The number of carbonyl (C=O) groups is 2. The topological polar surface area (TPSA) is 123 Å². The van der Waals surface area contributed by atoms with E-state index in [1.807, 2.05) is 17.9 Å². The third-order valence-electron chi connectivity index (χ3n) is 7.11. The molecule has 5 heterocycles. The number of nitrogens with one attached hydrogen (secondary N) is 1. The summed E-state index contributed by atoms with van der Waals surface area (Å²) in [5, 5.41) is 7.10. The highest BCUT2D eigenvalue weighted by Crippen LogP contribution is 2.36. The quantitative estimate of drug-likeness (QED) is 0.430. The van der Waals surface area contributed by atoms with Crippen LogP contribution in [0, 0.1) is 0 Å². The zero-order valence-electron chi connectivity index (χ0n) is 24.9. The molecule has 12 nitrogen and oxygen atoms in total. The van der Waals surface area contributed by atoms with Crippen LogP contribution in [0.4, 0.5) is 28.7 Å². The van der Waals surface area contributed by atoms with Crippen LogP contribution in [0.15, 0.2) is 23.0 Å². The second kappa shape index (κ2) is 12.2. The first-order chi connectivity index (χ1) is 20.7. The standard InChI is InChI=1S/C28H34F3N7O5S/c1-5-18-22(35-10-12-36(13-11-35)26(41)43-27(2,3)4)24(40)38-25(33-23(34-38)17-8-14-42-15-9-17)37(18)16-20(39)32-21-7-6-19(44-21)28(29,30)31/h6-8H,5,9-16H2,1-4H3,(H,32,39). The fraction of sp³-hybridized carbons (Fsp3) is 0.536. The Hall–Kier alpha value is -3.92. The summed E-state index contributed by atoms with van der Waals surface area (Å²) in [5.41, 5.74) is 0.582. The maximum atomic E-state index is 14.0. The lowest BCUT2D eigenvalue weighted by molar-refractivity contribution is -0.134. The number of rotatable bonds is 6. The predicted molar refractivity (Wildman–Crippen MR) is 158 cm³/mol. The van der Waals surface area contributed by atoms with E-state index in [0.717, 1.165) is 11.6 Å². The van der Waals surface area contributed by atoms with E-state index in [2.05, 4.69) is 15.4 Å². The maximum absolute atomic E-state index is 14.0. The zero-order chi connectivity index (χ0) is 31.8. The van der Waals surface area contributed by atoms with Gasteiger partial charge < -0.3 is 29.2 Å². The van der Waals surface area contributed by atoms with Crippen molar-refractivity contribution in [1.29, 1.82) is 0 Å². The van der Waals surface area contributed by atoms with Crippen LogP contribution in [-0.2, 0) is 33.4 Å². The molecule has 1 saturated heterocycles. The molecule has 16 heteroatoms. The first-order valence-corrected chi connectivity index (χ1v) is 15.1. The molecule has 44 heavy (non-hydrogen) atoms. The first kappa shape index (κ1) is 31.5. The lowest BCUT2D eigenvalue weighted by Gasteiger charge is -2.37. The molecule has 3 aromatic rings. The first-order valence-electron chi connectivity index (χ1n) is 14.2. The molecular weight excluding hydrogens is 603 g/mol. The molecule has 5 rings (SSSR count). The number of hydrogen-bond acceptors (Lipinski definition) is 9. The molecule has 0 atom stereocenters. The number of hydrogen-bond donors (Lipinski definition) is 1. The van der Waals surface area contributed by atoms with Crippen molar-refractivity contribution in [2.75, 3.05) is 49.6 Å². The minimum atomic E-state index is -4.52. The predicted octanol–water partition coefficient (Wildman–Crippen LogP) is 4.03. The Labute approximate surface area is 255 Å². The van der Waals surface area contributed by atoms with Crippen molar-refractivity contribution in [2.24, 2.45) is 0 Å². The fourth-order valence-electron chi connectivity index (χ4n) is 5.11. The van der Waals surface area contributed by atoms with Crippen LogP contribution in [0.5, 0.6) is 0 Å². The third-order valence-corrected chi connectivity index (χ3v) is 8.15. The second-order valence-electron chi connectivity index (χ2n) is 11.4. The highest BCUT2D eigenvalue weighted by Gasteiger charge is 2.33. The number of nitrogens with zero attached hydrogens (tertiary/aromatic N) is 6. The van der Waals surface area contributed by atoms with Crippen molar-refractivity contribution < 1.29 is 32.2 Å². The molecule has 0 aromatic carbocycles. The second-order valence-corrected chi connectivity index (χ2v) is 12.5. The summed E-state index contributed by atoms with van der Waals surface area (Å²) in [6.07, 6.45) is -2.23. The van der Waals surface area contributed by atoms with Crippen molar-refractivity contribution in [3.05, 3.63) is 45.0 Å². The van der Waals surface area contributed by atoms with Gasteiger partial charge in [0, 0.05) is 26.2 Å². The number of piperazine rings is 1. The Bertz CT molecular complexity index is 1650. The fourth-order valence-corrected chi connectivity index (χ4v) is 5.90. The number of ether oxygens (including phenoxy) is 2. The third kappa shape index (κ3) is 6.75. The Morgan fingerprint density at radius 3 is 2.45 bits per heavy atom. The molecule has 0 radical (unpaired) electrons. The number of amides is 2. The summed E-state index contributed by atoms with van der Waals surface area (Å²) < 4.78 is 53.0. The van der Waals surface area contributed by atoms with Gasteiger partial charge in [0.1, 0.15) is 22.7 Å². The Morgan fingerprint density at radius 2 is 1.86 bits per heavy atom. The molecule has 0 bridgehead atoms. The van der Waals surface area contributed by atoms with E-state index in [1.165, 1.54) is 10.6 Å². The van der Waals surface area contributed by atoms with Gasteiger partial charge in [0.15, 0.2) is 5.82 Å².